The highest BCUT2D eigenvalue weighted by Crippen LogP contribution is 2.32. The zero-order chi connectivity index (χ0) is 28.9. The number of hydrogen-bond acceptors (Lipinski definition) is 8. The molecule has 0 saturated carbocycles. The number of ether oxygens (including phenoxy) is 2. The number of benzene rings is 3. The van der Waals surface area contributed by atoms with Crippen molar-refractivity contribution in [3.05, 3.63) is 137 Å². The molecule has 0 radical (unpaired) electrons. The number of non-ortho nitro benzene ring substituents is 1. The lowest BCUT2D eigenvalue weighted by atomic mass is 9.96. The number of thiazole rings is 1. The average Bonchev–Trinajstić information content (AvgIpc) is 3.29. The first-order valence-electron chi connectivity index (χ1n) is 13.1. The number of aromatic nitrogens is 1. The Labute approximate surface area is 239 Å². The van der Waals surface area contributed by atoms with Gasteiger partial charge in [-0.05, 0) is 60.4 Å². The number of carbonyl (C=O) groups is 1. The molecule has 5 rings (SSSR count). The zero-order valence-corrected chi connectivity index (χ0v) is 23.3. The van der Waals surface area contributed by atoms with E-state index in [-0.39, 0.29) is 23.4 Å². The van der Waals surface area contributed by atoms with Gasteiger partial charge >= 0.3 is 5.97 Å². The number of nitrogens with zero attached hydrogens (tertiary/aromatic N) is 3. The first-order chi connectivity index (χ1) is 19.9. The second-order valence-corrected chi connectivity index (χ2v) is 10.4. The maximum Gasteiger partial charge on any atom is 0.338 e. The van der Waals surface area contributed by atoms with Crippen molar-refractivity contribution >= 4 is 29.1 Å². The molecule has 3 aromatic carbocycles. The van der Waals surface area contributed by atoms with Crippen molar-refractivity contribution in [3.8, 4) is 5.75 Å². The number of hydrogen-bond donors (Lipinski definition) is 0. The van der Waals surface area contributed by atoms with Crippen LogP contribution >= 0.6 is 11.3 Å². The third-order valence-electron chi connectivity index (χ3n) is 6.52. The van der Waals surface area contributed by atoms with Crippen molar-refractivity contribution in [2.75, 3.05) is 6.61 Å². The Morgan fingerprint density at radius 3 is 2.44 bits per heavy atom. The van der Waals surface area contributed by atoms with Gasteiger partial charge in [-0.2, -0.15) is 0 Å². The van der Waals surface area contributed by atoms with Crippen LogP contribution in [0.3, 0.4) is 0 Å². The number of allylic oxidation sites excluding steroid dienone is 1. The molecular formula is C31H27N3O6S. The van der Waals surface area contributed by atoms with E-state index in [1.807, 2.05) is 61.5 Å². The van der Waals surface area contributed by atoms with Crippen LogP contribution < -0.4 is 19.6 Å². The molecule has 0 aliphatic carbocycles. The van der Waals surface area contributed by atoms with Gasteiger partial charge in [-0.3, -0.25) is 19.5 Å². The molecule has 1 unspecified atom stereocenters. The quantitative estimate of drug-likeness (QED) is 0.164. The summed E-state index contributed by atoms with van der Waals surface area (Å²) >= 11 is 1.19. The zero-order valence-electron chi connectivity index (χ0n) is 22.5. The topological polar surface area (TPSA) is 113 Å². The van der Waals surface area contributed by atoms with Crippen LogP contribution in [-0.2, 0) is 16.1 Å². The molecule has 1 aliphatic rings. The smallest absolute Gasteiger partial charge is 0.338 e. The maximum absolute atomic E-state index is 13.8. The number of rotatable bonds is 9. The lowest BCUT2D eigenvalue weighted by molar-refractivity contribution is -0.384. The monoisotopic (exact) mass is 569 g/mol. The molecular weight excluding hydrogens is 542 g/mol. The van der Waals surface area contributed by atoms with E-state index < -0.39 is 16.9 Å². The minimum absolute atomic E-state index is 0.0377. The van der Waals surface area contributed by atoms with Gasteiger partial charge in [-0.25, -0.2) is 9.79 Å². The van der Waals surface area contributed by atoms with Gasteiger partial charge in [0.15, 0.2) is 4.80 Å². The van der Waals surface area contributed by atoms with Crippen molar-refractivity contribution in [3.63, 3.8) is 0 Å². The second-order valence-electron chi connectivity index (χ2n) is 9.41. The molecule has 0 saturated heterocycles. The number of nitro groups is 1. The fourth-order valence-electron chi connectivity index (χ4n) is 4.51. The van der Waals surface area contributed by atoms with Crippen molar-refractivity contribution in [1.82, 2.24) is 4.57 Å². The van der Waals surface area contributed by atoms with Crippen LogP contribution in [0.15, 0.2) is 99.9 Å². The molecule has 0 amide bonds. The summed E-state index contributed by atoms with van der Waals surface area (Å²) in [6.45, 7) is 4.42. The molecule has 4 aromatic rings. The maximum atomic E-state index is 13.8. The van der Waals surface area contributed by atoms with Gasteiger partial charge in [0.25, 0.3) is 11.2 Å². The summed E-state index contributed by atoms with van der Waals surface area (Å²) in [6, 6.07) is 21.9. The summed E-state index contributed by atoms with van der Waals surface area (Å²) in [4.78, 5) is 43.0. The van der Waals surface area contributed by atoms with Crippen LogP contribution in [0.1, 0.15) is 43.0 Å². The summed E-state index contributed by atoms with van der Waals surface area (Å²) in [5.74, 6) is 0.131. The first kappa shape index (κ1) is 27.7. The number of fused-ring (bicyclic) bond motifs is 1. The predicted molar refractivity (Wildman–Crippen MR) is 155 cm³/mol. The van der Waals surface area contributed by atoms with Gasteiger partial charge in [-0.1, -0.05) is 60.7 Å². The molecule has 208 valence electrons. The molecule has 2 heterocycles. The molecule has 0 bridgehead atoms. The minimum atomic E-state index is -0.770. The normalized spacial score (nSPS) is 14.8. The van der Waals surface area contributed by atoms with Crippen LogP contribution in [0, 0.1) is 10.1 Å². The van der Waals surface area contributed by atoms with Crippen molar-refractivity contribution in [2.24, 2.45) is 4.99 Å². The highest BCUT2D eigenvalue weighted by Gasteiger charge is 2.33. The molecule has 1 aliphatic heterocycles. The summed E-state index contributed by atoms with van der Waals surface area (Å²) in [5.41, 5.74) is 2.55. The van der Waals surface area contributed by atoms with Gasteiger partial charge in [0.1, 0.15) is 12.4 Å². The Bertz CT molecular complexity index is 1790. The third-order valence-corrected chi connectivity index (χ3v) is 7.51. The van der Waals surface area contributed by atoms with E-state index in [9.17, 15) is 19.7 Å². The lowest BCUT2D eigenvalue weighted by Gasteiger charge is -2.25. The minimum Gasteiger partial charge on any atom is -0.494 e. The average molecular weight is 570 g/mol. The number of carbonyl (C=O) groups excluding carboxylic acids is 1. The van der Waals surface area contributed by atoms with Gasteiger partial charge in [-0.15, -0.1) is 0 Å². The van der Waals surface area contributed by atoms with Gasteiger partial charge in [0.2, 0.25) is 0 Å². The van der Waals surface area contributed by atoms with Crippen molar-refractivity contribution in [1.29, 1.82) is 0 Å². The Balaban J connectivity index is 1.57. The Morgan fingerprint density at radius 2 is 1.78 bits per heavy atom. The second kappa shape index (κ2) is 12.1. The Hall–Kier alpha value is -4.83. The highest BCUT2D eigenvalue weighted by molar-refractivity contribution is 7.07. The van der Waals surface area contributed by atoms with E-state index in [0.717, 1.165) is 12.0 Å². The van der Waals surface area contributed by atoms with Crippen LogP contribution in [-0.4, -0.2) is 22.1 Å². The largest absolute Gasteiger partial charge is 0.494 e. The molecule has 0 spiro atoms. The van der Waals surface area contributed by atoms with Crippen LogP contribution in [0.25, 0.3) is 6.08 Å². The fourth-order valence-corrected chi connectivity index (χ4v) is 5.56. The summed E-state index contributed by atoms with van der Waals surface area (Å²) in [5, 5.41) is 11.0. The van der Waals surface area contributed by atoms with Gasteiger partial charge < -0.3 is 9.47 Å². The van der Waals surface area contributed by atoms with Crippen molar-refractivity contribution < 1.29 is 19.2 Å². The van der Waals surface area contributed by atoms with E-state index in [4.69, 9.17) is 9.47 Å². The predicted octanol–water partition coefficient (Wildman–Crippen LogP) is 4.68. The highest BCUT2D eigenvalue weighted by atomic mass is 32.1. The summed E-state index contributed by atoms with van der Waals surface area (Å²) < 4.78 is 13.3. The fraction of sp³-hybridized carbons (Fsp3) is 0.194. The summed E-state index contributed by atoms with van der Waals surface area (Å²) in [7, 11) is 0. The molecule has 0 fully saturated rings. The van der Waals surface area contributed by atoms with E-state index >= 15 is 0 Å². The molecule has 1 atom stereocenters. The van der Waals surface area contributed by atoms with E-state index in [2.05, 4.69) is 4.99 Å². The summed E-state index contributed by atoms with van der Waals surface area (Å²) in [6.07, 6.45) is 2.53. The third kappa shape index (κ3) is 6.02. The standard InChI is InChI=1S/C31H27N3O6S/c1-3-17-39-25-15-11-23(12-16-25)28-27(30(36)40-19-22-7-5-4-6-8-22)20(2)32-31-33(28)29(35)26(41-31)18-21-9-13-24(14-10-21)34(37)38/h4-16,18,28H,3,17,19H2,1-2H3. The number of esters is 1. The molecule has 9 nitrogen and oxygen atoms in total. The van der Waals surface area contributed by atoms with Gasteiger partial charge in [0, 0.05) is 12.1 Å². The van der Waals surface area contributed by atoms with Crippen LogP contribution in [0.5, 0.6) is 5.75 Å². The number of nitro benzene ring substituents is 1. The Morgan fingerprint density at radius 1 is 1.07 bits per heavy atom. The molecule has 1 aromatic heterocycles. The molecule has 0 N–H and O–H groups in total. The SMILES string of the molecule is CCCOc1ccc(C2C(C(=O)OCc3ccccc3)=C(C)N=c3sc(=Cc4ccc([N+](=O)[O-])cc4)c(=O)n32)cc1. The lowest BCUT2D eigenvalue weighted by Crippen LogP contribution is -2.39. The van der Waals surface area contributed by atoms with Crippen LogP contribution in [0.2, 0.25) is 0 Å². The van der Waals surface area contributed by atoms with E-state index in [1.54, 1.807) is 25.1 Å². The first-order valence-corrected chi connectivity index (χ1v) is 13.9. The van der Waals surface area contributed by atoms with E-state index in [1.165, 1.54) is 28.0 Å². The Kier molecular flexibility index (Phi) is 8.21. The molecule has 41 heavy (non-hydrogen) atoms. The van der Waals surface area contributed by atoms with Crippen molar-refractivity contribution in [2.45, 2.75) is 32.9 Å². The van der Waals surface area contributed by atoms with Gasteiger partial charge in [0.05, 0.1) is 33.4 Å². The van der Waals surface area contributed by atoms with Crippen LogP contribution in [0.4, 0.5) is 5.69 Å². The van der Waals surface area contributed by atoms with E-state index in [0.29, 0.717) is 38.5 Å². The molecule has 10 heteroatoms.